The number of nitrogens with one attached hydrogen (secondary N) is 1. The molecular weight excluding hydrogens is 442 g/mol. The molecule has 0 atom stereocenters. The van der Waals surface area contributed by atoms with E-state index < -0.39 is 5.97 Å². The summed E-state index contributed by atoms with van der Waals surface area (Å²) in [5.74, 6) is 1.60. The summed E-state index contributed by atoms with van der Waals surface area (Å²) < 4.78 is 11.9. The Bertz CT molecular complexity index is 1170. The Hall–Kier alpha value is -3.61. The van der Waals surface area contributed by atoms with Gasteiger partial charge in [0.2, 0.25) is 5.95 Å². The highest BCUT2D eigenvalue weighted by Gasteiger charge is 2.15. The Morgan fingerprint density at radius 1 is 0.943 bits per heavy atom. The third-order valence-corrected chi connectivity index (χ3v) is 5.86. The Morgan fingerprint density at radius 2 is 1.51 bits per heavy atom. The topological polar surface area (TPSA) is 93.6 Å². The van der Waals surface area contributed by atoms with Gasteiger partial charge >= 0.3 is 5.97 Å². The first kappa shape index (κ1) is 26.0. The maximum Gasteiger partial charge on any atom is 0.339 e. The van der Waals surface area contributed by atoms with Crippen LogP contribution in [0.2, 0.25) is 0 Å². The van der Waals surface area contributed by atoms with Crippen LogP contribution in [-0.2, 0) is 6.61 Å². The smallest absolute Gasteiger partial charge is 0.339 e. The van der Waals surface area contributed by atoms with Gasteiger partial charge < -0.3 is 19.9 Å². The fourth-order valence-electron chi connectivity index (χ4n) is 3.52. The lowest BCUT2D eigenvalue weighted by Crippen LogP contribution is -2.16. The molecule has 0 saturated heterocycles. The van der Waals surface area contributed by atoms with Crippen LogP contribution in [0.4, 0.5) is 5.95 Å². The number of aryl methyl sites for hydroxylation is 2. The number of carboxylic acids is 1. The number of aromatic carboxylic acids is 1. The van der Waals surface area contributed by atoms with Crippen LogP contribution in [-0.4, -0.2) is 34.2 Å². The molecule has 0 bridgehead atoms. The lowest BCUT2D eigenvalue weighted by atomic mass is 10.0. The molecule has 1 aromatic heterocycles. The second kappa shape index (κ2) is 11.7. The molecule has 0 aliphatic heterocycles. The summed E-state index contributed by atoms with van der Waals surface area (Å²) in [6.07, 6.45) is 1.31. The summed E-state index contributed by atoms with van der Waals surface area (Å²) >= 11 is 0. The van der Waals surface area contributed by atoms with E-state index >= 15 is 0 Å². The predicted molar refractivity (Wildman–Crippen MR) is 138 cm³/mol. The van der Waals surface area contributed by atoms with E-state index in [1.165, 1.54) is 11.8 Å². The van der Waals surface area contributed by atoms with Crippen molar-refractivity contribution in [1.29, 1.82) is 0 Å². The Morgan fingerprint density at radius 3 is 2.06 bits per heavy atom. The molecule has 0 unspecified atom stereocenters. The number of hydrogen-bond acceptors (Lipinski definition) is 6. The Balaban J connectivity index is 1.66. The van der Waals surface area contributed by atoms with Crippen molar-refractivity contribution in [3.05, 3.63) is 76.1 Å². The van der Waals surface area contributed by atoms with Crippen molar-refractivity contribution in [3.63, 3.8) is 0 Å². The Labute approximate surface area is 207 Å². The molecule has 7 heteroatoms. The second-order valence-corrected chi connectivity index (χ2v) is 9.28. The molecule has 7 nitrogen and oxygen atoms in total. The monoisotopic (exact) mass is 477 g/mol. The van der Waals surface area contributed by atoms with Crippen LogP contribution in [0.15, 0.2) is 42.6 Å². The molecule has 0 aliphatic rings. The summed E-state index contributed by atoms with van der Waals surface area (Å²) in [5, 5.41) is 12.7. The van der Waals surface area contributed by atoms with Crippen molar-refractivity contribution in [2.75, 3.05) is 18.5 Å². The number of carboxylic acid groups (broad SMARTS) is 1. The van der Waals surface area contributed by atoms with Gasteiger partial charge in [-0.05, 0) is 60.1 Å². The number of ether oxygens (including phenoxy) is 2. The molecule has 3 aromatic rings. The van der Waals surface area contributed by atoms with Crippen molar-refractivity contribution in [1.82, 2.24) is 9.97 Å². The van der Waals surface area contributed by atoms with Crippen LogP contribution in [0.25, 0.3) is 0 Å². The van der Waals surface area contributed by atoms with Crippen molar-refractivity contribution in [2.24, 2.45) is 0 Å². The molecule has 0 amide bonds. The molecule has 2 aromatic carbocycles. The maximum absolute atomic E-state index is 11.7. The molecule has 1 heterocycles. The second-order valence-electron chi connectivity index (χ2n) is 9.28. The number of nitrogens with zero attached hydrogens (tertiary/aromatic N) is 2. The van der Waals surface area contributed by atoms with Gasteiger partial charge in [0, 0.05) is 6.20 Å². The van der Waals surface area contributed by atoms with Crippen LogP contribution < -0.4 is 14.8 Å². The minimum absolute atomic E-state index is 0.0191. The molecule has 0 spiro atoms. The van der Waals surface area contributed by atoms with E-state index in [1.807, 2.05) is 26.0 Å². The van der Waals surface area contributed by atoms with Crippen LogP contribution in [0, 0.1) is 13.8 Å². The summed E-state index contributed by atoms with van der Waals surface area (Å²) in [4.78, 5) is 20.3. The molecule has 0 radical (unpaired) electrons. The largest absolute Gasteiger partial charge is 0.491 e. The van der Waals surface area contributed by atoms with Gasteiger partial charge in [0.1, 0.15) is 30.3 Å². The molecule has 3 rings (SSSR count). The lowest BCUT2D eigenvalue weighted by Gasteiger charge is -2.15. The van der Waals surface area contributed by atoms with E-state index in [4.69, 9.17) is 9.47 Å². The van der Waals surface area contributed by atoms with Crippen molar-refractivity contribution in [2.45, 2.75) is 60.0 Å². The number of hydrogen-bond donors (Lipinski definition) is 2. The number of carbonyl (C=O) groups is 1. The van der Waals surface area contributed by atoms with Crippen molar-refractivity contribution in [3.8, 4) is 11.5 Å². The molecule has 2 N–H and O–H groups in total. The maximum atomic E-state index is 11.7. The first-order valence-electron chi connectivity index (χ1n) is 12.0. The predicted octanol–water partition coefficient (Wildman–Crippen LogP) is 6.11. The van der Waals surface area contributed by atoms with Gasteiger partial charge in [0.05, 0.1) is 12.2 Å². The summed E-state index contributed by atoms with van der Waals surface area (Å²) in [6.45, 7) is 13.4. The van der Waals surface area contributed by atoms with Gasteiger partial charge in [-0.25, -0.2) is 14.8 Å². The van der Waals surface area contributed by atoms with Crippen LogP contribution in [0.3, 0.4) is 0 Å². The first-order valence-corrected chi connectivity index (χ1v) is 12.0. The number of aromatic nitrogens is 2. The zero-order valence-electron chi connectivity index (χ0n) is 21.4. The van der Waals surface area contributed by atoms with Gasteiger partial charge in [0.25, 0.3) is 0 Å². The van der Waals surface area contributed by atoms with E-state index in [2.05, 4.69) is 67.2 Å². The number of benzene rings is 2. The standard InChI is InChI=1S/C28H35N3O4/c1-17(2)21-9-7-19(5)25(13-21)34-12-11-29-28-30-15-23(27(32)33)24(31-28)16-35-26-14-22(18(3)4)10-8-20(26)6/h7-10,13-15,17-18H,11-12,16H2,1-6H3,(H,32,33)(H,29,30,31). The lowest BCUT2D eigenvalue weighted by molar-refractivity contribution is 0.0692. The van der Waals surface area contributed by atoms with Gasteiger partial charge in [-0.15, -0.1) is 0 Å². The van der Waals surface area contributed by atoms with Crippen molar-refractivity contribution >= 4 is 11.9 Å². The SMILES string of the molecule is Cc1ccc(C(C)C)cc1OCCNc1ncc(C(=O)O)c(COc2cc(C(C)C)ccc2C)n1. The minimum atomic E-state index is -1.09. The van der Waals surface area contributed by atoms with E-state index in [-0.39, 0.29) is 12.2 Å². The summed E-state index contributed by atoms with van der Waals surface area (Å²) in [5.41, 5.74) is 4.77. The highest BCUT2D eigenvalue weighted by Crippen LogP contribution is 2.26. The van der Waals surface area contributed by atoms with Crippen LogP contribution in [0.1, 0.15) is 77.8 Å². The zero-order chi connectivity index (χ0) is 25.5. The average Bonchev–Trinajstić information content (AvgIpc) is 2.81. The number of anilines is 1. The van der Waals surface area contributed by atoms with E-state index in [0.717, 1.165) is 22.4 Å². The molecular formula is C28H35N3O4. The van der Waals surface area contributed by atoms with E-state index in [9.17, 15) is 9.90 Å². The fourth-order valence-corrected chi connectivity index (χ4v) is 3.52. The molecule has 35 heavy (non-hydrogen) atoms. The normalized spacial score (nSPS) is 11.1. The quantitative estimate of drug-likeness (QED) is 0.322. The van der Waals surface area contributed by atoms with Crippen LogP contribution >= 0.6 is 0 Å². The van der Waals surface area contributed by atoms with E-state index in [1.54, 1.807) is 0 Å². The van der Waals surface area contributed by atoms with Crippen molar-refractivity contribution < 1.29 is 19.4 Å². The highest BCUT2D eigenvalue weighted by molar-refractivity contribution is 5.88. The molecule has 186 valence electrons. The first-order chi connectivity index (χ1) is 16.7. The van der Waals surface area contributed by atoms with Gasteiger partial charge in [0.15, 0.2) is 0 Å². The third-order valence-electron chi connectivity index (χ3n) is 5.86. The molecule has 0 saturated carbocycles. The molecule has 0 aliphatic carbocycles. The zero-order valence-corrected chi connectivity index (χ0v) is 21.4. The average molecular weight is 478 g/mol. The minimum Gasteiger partial charge on any atom is -0.491 e. The fraction of sp³-hybridized carbons (Fsp3) is 0.393. The number of rotatable bonds is 11. The van der Waals surface area contributed by atoms with Gasteiger partial charge in [-0.1, -0.05) is 52.0 Å². The summed E-state index contributed by atoms with van der Waals surface area (Å²) in [6, 6.07) is 12.3. The van der Waals surface area contributed by atoms with Gasteiger partial charge in [-0.2, -0.15) is 0 Å². The van der Waals surface area contributed by atoms with Gasteiger partial charge in [-0.3, -0.25) is 0 Å². The van der Waals surface area contributed by atoms with Crippen LogP contribution in [0.5, 0.6) is 11.5 Å². The third kappa shape index (κ3) is 6.94. The highest BCUT2D eigenvalue weighted by atomic mass is 16.5. The van der Waals surface area contributed by atoms with E-state index in [0.29, 0.717) is 42.4 Å². The molecule has 0 fully saturated rings. The Kier molecular flexibility index (Phi) is 8.68. The summed E-state index contributed by atoms with van der Waals surface area (Å²) in [7, 11) is 0.